The molecule has 0 radical (unpaired) electrons. The van der Waals surface area contributed by atoms with Crippen LogP contribution >= 0.6 is 38.5 Å². The predicted molar refractivity (Wildman–Crippen MR) is 95.7 cm³/mol. The summed E-state index contributed by atoms with van der Waals surface area (Å²) in [6, 6.07) is 5.77. The van der Waals surface area contributed by atoms with Gasteiger partial charge in [0.1, 0.15) is 0 Å². The lowest BCUT2D eigenvalue weighted by molar-refractivity contribution is -0.00923. The minimum Gasteiger partial charge on any atom is -0.379 e. The summed E-state index contributed by atoms with van der Waals surface area (Å²) in [6.07, 6.45) is 0. The summed E-state index contributed by atoms with van der Waals surface area (Å²) in [5.41, 5.74) is 0.605. The van der Waals surface area contributed by atoms with Crippen molar-refractivity contribution in [1.29, 1.82) is 0 Å². The van der Waals surface area contributed by atoms with Crippen molar-refractivity contribution in [2.24, 2.45) is 0 Å². The van der Waals surface area contributed by atoms with E-state index in [1.807, 2.05) is 18.2 Å². The summed E-state index contributed by atoms with van der Waals surface area (Å²) in [5, 5.41) is 3.05. The summed E-state index contributed by atoms with van der Waals surface area (Å²) < 4.78 is 7.26. The molecule has 0 unspecified atom stereocenters. The van der Waals surface area contributed by atoms with E-state index in [9.17, 15) is 4.79 Å². The molecule has 1 aliphatic rings. The Balaban J connectivity index is 1.98. The van der Waals surface area contributed by atoms with Crippen molar-refractivity contribution in [2.75, 3.05) is 32.8 Å². The van der Waals surface area contributed by atoms with Crippen molar-refractivity contribution in [1.82, 2.24) is 10.2 Å². The highest BCUT2D eigenvalue weighted by atomic mass is 127. The molecule has 4 nitrogen and oxygen atoms in total. The maximum atomic E-state index is 12.4. The Morgan fingerprint density at radius 1 is 1.43 bits per heavy atom. The highest BCUT2D eigenvalue weighted by Gasteiger charge is 2.28. The van der Waals surface area contributed by atoms with Gasteiger partial charge in [-0.25, -0.2) is 0 Å². The van der Waals surface area contributed by atoms with Crippen LogP contribution < -0.4 is 5.32 Å². The van der Waals surface area contributed by atoms with Gasteiger partial charge in [0, 0.05) is 33.2 Å². The second-order valence-electron chi connectivity index (χ2n) is 5.72. The Kier molecular flexibility index (Phi) is 6.05. The molecule has 1 N–H and O–H groups in total. The molecule has 2 rings (SSSR count). The Morgan fingerprint density at radius 2 is 2.10 bits per heavy atom. The summed E-state index contributed by atoms with van der Waals surface area (Å²) in [4.78, 5) is 14.7. The van der Waals surface area contributed by atoms with E-state index in [-0.39, 0.29) is 11.4 Å². The van der Waals surface area contributed by atoms with Crippen LogP contribution in [0.15, 0.2) is 22.7 Å². The first-order valence-corrected chi connectivity index (χ1v) is 8.83. The number of amides is 1. The first-order valence-electron chi connectivity index (χ1n) is 6.96. The molecule has 116 valence electrons. The van der Waals surface area contributed by atoms with E-state index in [0.717, 1.165) is 34.3 Å². The standard InChI is InChI=1S/C15H20BrIN2O2/c1-15(2,19-5-7-21-8-6-19)10-18-14(20)12-9-11(17)3-4-13(12)16/h3-4,9H,5-8,10H2,1-2H3,(H,18,20). The predicted octanol–water partition coefficient (Wildman–Crippen LogP) is 2.89. The molecule has 21 heavy (non-hydrogen) atoms. The molecule has 1 heterocycles. The number of nitrogens with one attached hydrogen (secondary N) is 1. The van der Waals surface area contributed by atoms with Gasteiger partial charge in [-0.05, 0) is 70.6 Å². The number of rotatable bonds is 4. The number of ether oxygens (including phenoxy) is 1. The molecular weight excluding hydrogens is 447 g/mol. The molecule has 1 aliphatic heterocycles. The van der Waals surface area contributed by atoms with Gasteiger partial charge in [-0.2, -0.15) is 0 Å². The van der Waals surface area contributed by atoms with Gasteiger partial charge in [-0.3, -0.25) is 9.69 Å². The zero-order chi connectivity index (χ0) is 15.5. The summed E-state index contributed by atoms with van der Waals surface area (Å²) >= 11 is 5.65. The van der Waals surface area contributed by atoms with Crippen molar-refractivity contribution in [2.45, 2.75) is 19.4 Å². The van der Waals surface area contributed by atoms with E-state index in [1.54, 1.807) is 0 Å². The normalized spacial score (nSPS) is 16.8. The number of nitrogens with zero attached hydrogens (tertiary/aromatic N) is 1. The average molecular weight is 467 g/mol. The molecular formula is C15H20BrIN2O2. The maximum Gasteiger partial charge on any atom is 0.252 e. The quantitative estimate of drug-likeness (QED) is 0.693. The molecule has 0 spiro atoms. The number of halogens is 2. The zero-order valence-electron chi connectivity index (χ0n) is 12.3. The van der Waals surface area contributed by atoms with Crippen LogP contribution in [0.4, 0.5) is 0 Å². The van der Waals surface area contributed by atoms with Crippen molar-refractivity contribution < 1.29 is 9.53 Å². The van der Waals surface area contributed by atoms with Gasteiger partial charge < -0.3 is 10.1 Å². The molecule has 0 bridgehead atoms. The Morgan fingerprint density at radius 3 is 2.76 bits per heavy atom. The molecule has 1 saturated heterocycles. The van der Waals surface area contributed by atoms with E-state index in [0.29, 0.717) is 12.1 Å². The summed E-state index contributed by atoms with van der Waals surface area (Å²) in [7, 11) is 0. The van der Waals surface area contributed by atoms with E-state index in [1.165, 1.54) is 0 Å². The topological polar surface area (TPSA) is 41.6 Å². The molecule has 1 aromatic rings. The fraction of sp³-hybridized carbons (Fsp3) is 0.533. The van der Waals surface area contributed by atoms with Crippen molar-refractivity contribution >= 4 is 44.4 Å². The number of hydrogen-bond donors (Lipinski definition) is 1. The summed E-state index contributed by atoms with van der Waals surface area (Å²) in [6.45, 7) is 8.28. The third-order valence-corrected chi connectivity index (χ3v) is 5.08. The van der Waals surface area contributed by atoms with Gasteiger partial charge >= 0.3 is 0 Å². The molecule has 0 aliphatic carbocycles. The largest absolute Gasteiger partial charge is 0.379 e. The minimum absolute atomic E-state index is 0.0401. The lowest BCUT2D eigenvalue weighted by Crippen LogP contribution is -2.55. The van der Waals surface area contributed by atoms with Crippen LogP contribution in [0.5, 0.6) is 0 Å². The third kappa shape index (κ3) is 4.64. The molecule has 0 atom stereocenters. The van der Waals surface area contributed by atoms with Gasteiger partial charge in [-0.15, -0.1) is 0 Å². The lowest BCUT2D eigenvalue weighted by Gasteiger charge is -2.40. The Bertz CT molecular complexity index is 516. The highest BCUT2D eigenvalue weighted by Crippen LogP contribution is 2.20. The second-order valence-corrected chi connectivity index (χ2v) is 7.82. The first-order chi connectivity index (χ1) is 9.90. The smallest absolute Gasteiger partial charge is 0.252 e. The molecule has 0 saturated carbocycles. The molecule has 1 amide bonds. The number of benzene rings is 1. The van der Waals surface area contributed by atoms with Crippen LogP contribution in [-0.4, -0.2) is 49.2 Å². The number of carbonyl (C=O) groups excluding carboxylic acids is 1. The number of hydrogen-bond acceptors (Lipinski definition) is 3. The van der Waals surface area contributed by atoms with Crippen LogP contribution in [0.3, 0.4) is 0 Å². The van der Waals surface area contributed by atoms with Gasteiger partial charge in [0.05, 0.1) is 18.8 Å². The monoisotopic (exact) mass is 466 g/mol. The fourth-order valence-corrected chi connectivity index (χ4v) is 3.26. The molecule has 1 fully saturated rings. The highest BCUT2D eigenvalue weighted by molar-refractivity contribution is 14.1. The first kappa shape index (κ1) is 17.2. The summed E-state index contributed by atoms with van der Waals surface area (Å²) in [5.74, 6) is -0.0401. The average Bonchev–Trinajstić information content (AvgIpc) is 2.48. The zero-order valence-corrected chi connectivity index (χ0v) is 16.0. The van der Waals surface area contributed by atoms with Crippen molar-refractivity contribution in [3.8, 4) is 0 Å². The van der Waals surface area contributed by atoms with Crippen LogP contribution in [-0.2, 0) is 4.74 Å². The van der Waals surface area contributed by atoms with Gasteiger partial charge in [0.25, 0.3) is 5.91 Å². The third-order valence-electron chi connectivity index (χ3n) is 3.72. The van der Waals surface area contributed by atoms with E-state index in [2.05, 4.69) is 62.6 Å². The molecule has 6 heteroatoms. The van der Waals surface area contributed by atoms with Crippen LogP contribution in [0.2, 0.25) is 0 Å². The van der Waals surface area contributed by atoms with Crippen molar-refractivity contribution in [3.05, 3.63) is 31.8 Å². The van der Waals surface area contributed by atoms with Crippen LogP contribution in [0, 0.1) is 3.57 Å². The lowest BCUT2D eigenvalue weighted by atomic mass is 10.0. The van der Waals surface area contributed by atoms with E-state index in [4.69, 9.17) is 4.74 Å². The van der Waals surface area contributed by atoms with Crippen molar-refractivity contribution in [3.63, 3.8) is 0 Å². The van der Waals surface area contributed by atoms with Gasteiger partial charge in [0.15, 0.2) is 0 Å². The fourth-order valence-electron chi connectivity index (χ4n) is 2.34. The Hall–Kier alpha value is -0.180. The second kappa shape index (κ2) is 7.39. The SMILES string of the molecule is CC(C)(CNC(=O)c1cc(I)ccc1Br)N1CCOCC1. The Labute approximate surface area is 147 Å². The molecule has 1 aromatic carbocycles. The van der Waals surface area contributed by atoms with E-state index >= 15 is 0 Å². The minimum atomic E-state index is -0.0755. The van der Waals surface area contributed by atoms with Gasteiger partial charge in [-0.1, -0.05) is 0 Å². The molecule has 0 aromatic heterocycles. The van der Waals surface area contributed by atoms with E-state index < -0.39 is 0 Å². The number of carbonyl (C=O) groups is 1. The van der Waals surface area contributed by atoms with Crippen LogP contribution in [0.1, 0.15) is 24.2 Å². The van der Waals surface area contributed by atoms with Gasteiger partial charge in [0.2, 0.25) is 0 Å². The maximum absolute atomic E-state index is 12.4. The van der Waals surface area contributed by atoms with Crippen LogP contribution in [0.25, 0.3) is 0 Å². The number of morpholine rings is 1.